The van der Waals surface area contributed by atoms with Gasteiger partial charge >= 0.3 is 6.18 Å². The largest absolute Gasteiger partial charge is 0.494 e. The fraction of sp³-hybridized carbons (Fsp3) is 0.412. The van der Waals surface area contributed by atoms with Crippen LogP contribution in [0.5, 0.6) is 5.75 Å². The molecule has 0 fully saturated rings. The third-order valence-corrected chi connectivity index (χ3v) is 3.65. The van der Waals surface area contributed by atoms with Crippen LogP contribution in [-0.2, 0) is 11.0 Å². The molecule has 28 heavy (non-hydrogen) atoms. The van der Waals surface area contributed by atoms with Crippen LogP contribution in [0.1, 0.15) is 37.0 Å². The molecule has 2 rings (SSSR count). The SMILES string of the molecule is CCOc1ccc(C(=O)NC(C(=O)Nc2n[nH]c(C(F)(F)F)n2)C(C)C)cc1. The molecular formula is C17H20F3N5O3. The molecule has 152 valence electrons. The topological polar surface area (TPSA) is 109 Å². The van der Waals surface area contributed by atoms with E-state index in [9.17, 15) is 22.8 Å². The summed E-state index contributed by atoms with van der Waals surface area (Å²) in [6.07, 6.45) is -4.71. The summed E-state index contributed by atoms with van der Waals surface area (Å²) >= 11 is 0. The van der Waals surface area contributed by atoms with Crippen LogP contribution in [0, 0.1) is 5.92 Å². The number of hydrogen-bond donors (Lipinski definition) is 3. The zero-order valence-electron chi connectivity index (χ0n) is 15.4. The van der Waals surface area contributed by atoms with Gasteiger partial charge in [0.15, 0.2) is 0 Å². The Labute approximate surface area is 158 Å². The van der Waals surface area contributed by atoms with Crippen molar-refractivity contribution in [3.63, 3.8) is 0 Å². The van der Waals surface area contributed by atoms with E-state index in [4.69, 9.17) is 4.74 Å². The third-order valence-electron chi connectivity index (χ3n) is 3.65. The number of alkyl halides is 3. The summed E-state index contributed by atoms with van der Waals surface area (Å²) < 4.78 is 42.9. The number of aromatic amines is 1. The summed E-state index contributed by atoms with van der Waals surface area (Å²) in [5.41, 5.74) is 0.305. The van der Waals surface area contributed by atoms with E-state index in [0.717, 1.165) is 0 Å². The van der Waals surface area contributed by atoms with Crippen LogP contribution in [-0.4, -0.2) is 39.6 Å². The van der Waals surface area contributed by atoms with Gasteiger partial charge in [-0.25, -0.2) is 0 Å². The maximum Gasteiger partial charge on any atom is 0.451 e. The molecule has 8 nitrogen and oxygen atoms in total. The Balaban J connectivity index is 2.06. The molecule has 1 atom stereocenters. The van der Waals surface area contributed by atoms with Gasteiger partial charge in [0, 0.05) is 5.56 Å². The molecule has 2 aromatic rings. The van der Waals surface area contributed by atoms with Crippen LogP contribution in [0.25, 0.3) is 0 Å². The number of nitrogens with one attached hydrogen (secondary N) is 3. The number of benzene rings is 1. The molecule has 0 aliphatic carbocycles. The van der Waals surface area contributed by atoms with E-state index in [0.29, 0.717) is 17.9 Å². The van der Waals surface area contributed by atoms with Gasteiger partial charge in [-0.05, 0) is 37.1 Å². The summed E-state index contributed by atoms with van der Waals surface area (Å²) in [4.78, 5) is 28.0. The summed E-state index contributed by atoms with van der Waals surface area (Å²) in [7, 11) is 0. The van der Waals surface area contributed by atoms with Crippen molar-refractivity contribution in [2.75, 3.05) is 11.9 Å². The molecule has 2 amide bonds. The van der Waals surface area contributed by atoms with Crippen LogP contribution < -0.4 is 15.4 Å². The van der Waals surface area contributed by atoms with Gasteiger partial charge in [-0.3, -0.25) is 20.0 Å². The molecule has 0 radical (unpaired) electrons. The van der Waals surface area contributed by atoms with E-state index >= 15 is 0 Å². The first-order valence-corrected chi connectivity index (χ1v) is 8.46. The van der Waals surface area contributed by atoms with Crippen molar-refractivity contribution < 1.29 is 27.5 Å². The van der Waals surface area contributed by atoms with Gasteiger partial charge in [0.05, 0.1) is 6.61 Å². The fourth-order valence-electron chi connectivity index (χ4n) is 2.26. The molecule has 1 unspecified atom stereocenters. The van der Waals surface area contributed by atoms with Gasteiger partial charge in [-0.1, -0.05) is 13.8 Å². The van der Waals surface area contributed by atoms with Crippen LogP contribution in [0.3, 0.4) is 0 Å². The van der Waals surface area contributed by atoms with Crippen molar-refractivity contribution >= 4 is 17.8 Å². The first-order chi connectivity index (χ1) is 13.1. The van der Waals surface area contributed by atoms with Crippen molar-refractivity contribution in [3.8, 4) is 5.75 Å². The highest BCUT2D eigenvalue weighted by Gasteiger charge is 2.36. The molecule has 11 heteroatoms. The van der Waals surface area contributed by atoms with Gasteiger partial charge in [-0.2, -0.15) is 18.2 Å². The molecule has 3 N–H and O–H groups in total. The summed E-state index contributed by atoms with van der Waals surface area (Å²) in [6.45, 7) is 5.68. The van der Waals surface area contributed by atoms with Crippen molar-refractivity contribution in [1.29, 1.82) is 0 Å². The molecule has 0 spiro atoms. The molecule has 1 aromatic carbocycles. The number of ether oxygens (including phenoxy) is 1. The van der Waals surface area contributed by atoms with Crippen LogP contribution in [0.2, 0.25) is 0 Å². The predicted molar refractivity (Wildman–Crippen MR) is 93.7 cm³/mol. The quantitative estimate of drug-likeness (QED) is 0.663. The lowest BCUT2D eigenvalue weighted by molar-refractivity contribution is -0.144. The van der Waals surface area contributed by atoms with E-state index in [1.165, 1.54) is 0 Å². The molecule has 1 heterocycles. The number of hydrogen-bond acceptors (Lipinski definition) is 5. The highest BCUT2D eigenvalue weighted by molar-refractivity contribution is 6.00. The van der Waals surface area contributed by atoms with Crippen molar-refractivity contribution in [2.24, 2.45) is 5.92 Å². The number of amides is 2. The molecule has 1 aromatic heterocycles. The maximum absolute atomic E-state index is 12.5. The van der Waals surface area contributed by atoms with Crippen LogP contribution >= 0.6 is 0 Å². The first kappa shape index (κ1) is 21.2. The number of nitrogens with zero attached hydrogens (tertiary/aromatic N) is 2. The Morgan fingerprint density at radius 3 is 2.36 bits per heavy atom. The number of halogens is 3. The Morgan fingerprint density at radius 1 is 1.21 bits per heavy atom. The number of H-pyrrole nitrogens is 1. The maximum atomic E-state index is 12.5. The normalized spacial score (nSPS) is 12.5. The van der Waals surface area contributed by atoms with E-state index < -0.39 is 35.8 Å². The Kier molecular flexibility index (Phi) is 6.60. The number of carbonyl (C=O) groups excluding carboxylic acids is 2. The minimum atomic E-state index is -4.71. The highest BCUT2D eigenvalue weighted by Crippen LogP contribution is 2.26. The van der Waals surface area contributed by atoms with Gasteiger partial charge in [-0.15, -0.1) is 5.10 Å². The number of anilines is 1. The summed E-state index contributed by atoms with van der Waals surface area (Å²) in [6, 6.07) is 5.32. The molecule has 0 saturated heterocycles. The predicted octanol–water partition coefficient (Wildman–Crippen LogP) is 2.62. The third kappa shape index (κ3) is 5.44. The van der Waals surface area contributed by atoms with Crippen LogP contribution in [0.15, 0.2) is 24.3 Å². The van der Waals surface area contributed by atoms with Gasteiger partial charge in [0.2, 0.25) is 17.7 Å². The first-order valence-electron chi connectivity index (χ1n) is 8.46. The Hall–Kier alpha value is -3.11. The van der Waals surface area contributed by atoms with Gasteiger partial charge < -0.3 is 10.1 Å². The lowest BCUT2D eigenvalue weighted by Gasteiger charge is -2.21. The molecule has 0 aliphatic rings. The number of rotatable bonds is 7. The zero-order valence-corrected chi connectivity index (χ0v) is 15.4. The van der Waals surface area contributed by atoms with Gasteiger partial charge in [0.1, 0.15) is 11.8 Å². The van der Waals surface area contributed by atoms with Crippen molar-refractivity contribution in [1.82, 2.24) is 20.5 Å². The molecule has 0 aliphatic heterocycles. The Bertz CT molecular complexity index is 818. The summed E-state index contributed by atoms with van der Waals surface area (Å²) in [5.74, 6) is -2.85. The highest BCUT2D eigenvalue weighted by atomic mass is 19.4. The van der Waals surface area contributed by atoms with Crippen molar-refractivity contribution in [2.45, 2.75) is 33.0 Å². The lowest BCUT2D eigenvalue weighted by atomic mass is 10.0. The minimum absolute atomic E-state index is 0.305. The second kappa shape index (κ2) is 8.72. The average Bonchev–Trinajstić information content (AvgIpc) is 3.09. The van der Waals surface area contributed by atoms with E-state index in [2.05, 4.69) is 20.7 Å². The van der Waals surface area contributed by atoms with Crippen LogP contribution in [0.4, 0.5) is 19.1 Å². The standard InChI is InChI=1S/C17H20F3N5O3/c1-4-28-11-7-5-10(6-8-11)13(26)21-12(9(2)3)14(27)22-16-23-15(24-25-16)17(18,19)20/h5-9,12H,4H2,1-3H3,(H,21,26)(H2,22,23,24,25,27). The molecule has 0 bridgehead atoms. The minimum Gasteiger partial charge on any atom is -0.494 e. The molecule has 0 saturated carbocycles. The van der Waals surface area contributed by atoms with E-state index in [1.807, 2.05) is 6.92 Å². The van der Waals surface area contributed by atoms with Gasteiger partial charge in [0.25, 0.3) is 5.91 Å². The fourth-order valence-corrected chi connectivity index (χ4v) is 2.26. The average molecular weight is 399 g/mol. The monoisotopic (exact) mass is 399 g/mol. The number of aromatic nitrogens is 3. The van der Waals surface area contributed by atoms with E-state index in [1.54, 1.807) is 43.2 Å². The lowest BCUT2D eigenvalue weighted by Crippen LogP contribution is -2.47. The molecular weight excluding hydrogens is 379 g/mol. The second-order valence-electron chi connectivity index (χ2n) is 6.15. The van der Waals surface area contributed by atoms with Crippen molar-refractivity contribution in [3.05, 3.63) is 35.7 Å². The van der Waals surface area contributed by atoms with E-state index in [-0.39, 0.29) is 5.92 Å². The summed E-state index contributed by atoms with van der Waals surface area (Å²) in [5, 5.41) is 9.75. The Morgan fingerprint density at radius 2 is 1.86 bits per heavy atom. The smallest absolute Gasteiger partial charge is 0.451 e. The second-order valence-corrected chi connectivity index (χ2v) is 6.15. The zero-order chi connectivity index (χ0) is 20.9. The number of carbonyl (C=O) groups is 2.